The van der Waals surface area contributed by atoms with Crippen LogP contribution in [0.1, 0.15) is 174 Å². The van der Waals surface area contributed by atoms with Gasteiger partial charge in [0.2, 0.25) is 5.91 Å². The highest BCUT2D eigenvalue weighted by Gasteiger charge is 2.44. The summed E-state index contributed by atoms with van der Waals surface area (Å²) in [5.74, 6) is -0.193. The summed E-state index contributed by atoms with van der Waals surface area (Å²) in [5.41, 5.74) is 0. The van der Waals surface area contributed by atoms with Gasteiger partial charge in [0.05, 0.1) is 25.4 Å². The Hall–Kier alpha value is -1.85. The molecule has 314 valence electrons. The van der Waals surface area contributed by atoms with E-state index in [2.05, 4.69) is 55.6 Å². The zero-order chi connectivity index (χ0) is 39.5. The summed E-state index contributed by atoms with van der Waals surface area (Å²) in [4.78, 5) is 12.9. The van der Waals surface area contributed by atoms with E-state index in [9.17, 15) is 30.3 Å². The molecule has 0 saturated carbocycles. The number of rotatable bonds is 35. The highest BCUT2D eigenvalue weighted by atomic mass is 16.7. The van der Waals surface area contributed by atoms with Crippen molar-refractivity contribution < 1.29 is 39.8 Å². The number of unbranched alkanes of at least 4 members (excludes halogenated alkanes) is 19. The number of amides is 1. The van der Waals surface area contributed by atoms with Crippen molar-refractivity contribution in [1.29, 1.82) is 0 Å². The first kappa shape index (κ1) is 50.2. The number of carbonyl (C=O) groups is 1. The first-order valence-corrected chi connectivity index (χ1v) is 21.9. The second-order valence-corrected chi connectivity index (χ2v) is 15.1. The third-order valence-corrected chi connectivity index (χ3v) is 10.1. The quantitative estimate of drug-likeness (QED) is 0.0278. The third-order valence-electron chi connectivity index (χ3n) is 10.1. The van der Waals surface area contributed by atoms with Gasteiger partial charge < -0.3 is 40.3 Å². The van der Waals surface area contributed by atoms with Crippen LogP contribution < -0.4 is 5.32 Å². The van der Waals surface area contributed by atoms with E-state index in [0.717, 1.165) is 64.2 Å². The fourth-order valence-corrected chi connectivity index (χ4v) is 6.57. The first-order valence-electron chi connectivity index (χ1n) is 21.9. The lowest BCUT2D eigenvalue weighted by Gasteiger charge is -2.40. The van der Waals surface area contributed by atoms with Crippen LogP contribution in [-0.2, 0) is 14.3 Å². The zero-order valence-corrected chi connectivity index (χ0v) is 34.2. The van der Waals surface area contributed by atoms with E-state index in [1.807, 2.05) is 6.08 Å². The lowest BCUT2D eigenvalue weighted by molar-refractivity contribution is -0.302. The zero-order valence-electron chi connectivity index (χ0n) is 34.2. The summed E-state index contributed by atoms with van der Waals surface area (Å²) in [5, 5.41) is 54.0. The molecule has 0 aromatic rings. The van der Waals surface area contributed by atoms with Crippen LogP contribution in [0.25, 0.3) is 0 Å². The second-order valence-electron chi connectivity index (χ2n) is 15.1. The van der Waals surface area contributed by atoms with Crippen molar-refractivity contribution in [3.63, 3.8) is 0 Å². The molecule has 7 atom stereocenters. The molecule has 0 spiro atoms. The fraction of sp³-hybridized carbons (Fsp3) is 0.800. The molecule has 0 aliphatic carbocycles. The predicted molar refractivity (Wildman–Crippen MR) is 221 cm³/mol. The smallest absolute Gasteiger partial charge is 0.220 e. The van der Waals surface area contributed by atoms with Gasteiger partial charge in [0.1, 0.15) is 24.4 Å². The van der Waals surface area contributed by atoms with Crippen molar-refractivity contribution in [3.8, 4) is 0 Å². The van der Waals surface area contributed by atoms with Gasteiger partial charge in [0, 0.05) is 6.42 Å². The van der Waals surface area contributed by atoms with Gasteiger partial charge in [0.15, 0.2) is 6.29 Å². The van der Waals surface area contributed by atoms with E-state index in [0.29, 0.717) is 6.42 Å². The van der Waals surface area contributed by atoms with Crippen LogP contribution >= 0.6 is 0 Å². The summed E-state index contributed by atoms with van der Waals surface area (Å²) in [6.07, 6.45) is 37.1. The molecule has 0 aromatic heterocycles. The standard InChI is InChI=1S/C45H81NO8/c1-3-5-7-9-11-13-15-17-18-19-20-21-22-23-25-27-29-31-33-35-41(49)46-38(37-53-45-44(52)43(51)42(50)40(36-47)54-45)39(48)34-32-30-28-26-24-16-14-12-10-8-6-4-2/h11,13,17-18,20-21,32,34,38-40,42-45,47-48,50-52H,3-10,12,14-16,19,22-31,33,35-37H2,1-2H3,(H,46,49)/b13-11-,18-17-,21-20-,34-32+. The molecule has 1 heterocycles. The molecule has 9 nitrogen and oxygen atoms in total. The van der Waals surface area contributed by atoms with Gasteiger partial charge >= 0.3 is 0 Å². The van der Waals surface area contributed by atoms with Crippen LogP contribution in [0.4, 0.5) is 0 Å². The lowest BCUT2D eigenvalue weighted by Crippen LogP contribution is -2.60. The van der Waals surface area contributed by atoms with Crippen molar-refractivity contribution in [2.75, 3.05) is 13.2 Å². The number of carbonyl (C=O) groups excluding carboxylic acids is 1. The van der Waals surface area contributed by atoms with Gasteiger partial charge in [-0.1, -0.05) is 159 Å². The van der Waals surface area contributed by atoms with Gasteiger partial charge in [-0.15, -0.1) is 0 Å². The first-order chi connectivity index (χ1) is 26.3. The molecule has 9 heteroatoms. The molecule has 7 unspecified atom stereocenters. The molecule has 1 rings (SSSR count). The molecule has 1 saturated heterocycles. The number of aliphatic hydroxyl groups excluding tert-OH is 5. The molecule has 54 heavy (non-hydrogen) atoms. The molecular weight excluding hydrogens is 682 g/mol. The Morgan fingerprint density at radius 1 is 0.630 bits per heavy atom. The minimum Gasteiger partial charge on any atom is -0.394 e. The summed E-state index contributed by atoms with van der Waals surface area (Å²) in [7, 11) is 0. The van der Waals surface area contributed by atoms with E-state index in [4.69, 9.17) is 9.47 Å². The Morgan fingerprint density at radius 3 is 1.65 bits per heavy atom. The average molecular weight is 764 g/mol. The lowest BCUT2D eigenvalue weighted by atomic mass is 9.99. The molecule has 1 amide bonds. The second kappa shape index (κ2) is 35.6. The van der Waals surface area contributed by atoms with Crippen LogP contribution in [-0.4, -0.2) is 87.5 Å². The van der Waals surface area contributed by atoms with Crippen LogP contribution in [0.3, 0.4) is 0 Å². The molecule has 1 aliphatic heterocycles. The molecule has 0 radical (unpaired) electrons. The van der Waals surface area contributed by atoms with Gasteiger partial charge in [-0.2, -0.15) is 0 Å². The van der Waals surface area contributed by atoms with Crippen LogP contribution in [0, 0.1) is 0 Å². The number of ether oxygens (including phenoxy) is 2. The normalized spacial score (nSPS) is 21.9. The summed E-state index contributed by atoms with van der Waals surface area (Å²) in [6, 6.07) is -0.811. The van der Waals surface area contributed by atoms with Crippen molar-refractivity contribution in [1.82, 2.24) is 5.32 Å². The monoisotopic (exact) mass is 764 g/mol. The topological polar surface area (TPSA) is 149 Å². The van der Waals surface area contributed by atoms with Crippen molar-refractivity contribution in [2.24, 2.45) is 0 Å². The van der Waals surface area contributed by atoms with Crippen molar-refractivity contribution in [2.45, 2.75) is 217 Å². The number of hydrogen-bond donors (Lipinski definition) is 6. The molecule has 6 N–H and O–H groups in total. The minimum atomic E-state index is -1.57. The molecule has 0 bridgehead atoms. The van der Waals surface area contributed by atoms with Crippen LogP contribution in [0.5, 0.6) is 0 Å². The molecule has 0 aromatic carbocycles. The molecule has 1 aliphatic rings. The Bertz CT molecular complexity index is 983. The Labute approximate surface area is 329 Å². The van der Waals surface area contributed by atoms with Crippen LogP contribution in [0.2, 0.25) is 0 Å². The third kappa shape index (κ3) is 26.1. The number of allylic oxidation sites excluding steroid dienone is 7. The summed E-state index contributed by atoms with van der Waals surface area (Å²) < 4.78 is 11.2. The van der Waals surface area contributed by atoms with Crippen molar-refractivity contribution >= 4 is 5.91 Å². The highest BCUT2D eigenvalue weighted by molar-refractivity contribution is 5.76. The van der Waals surface area contributed by atoms with E-state index >= 15 is 0 Å². The van der Waals surface area contributed by atoms with Gasteiger partial charge in [-0.05, 0) is 57.8 Å². The number of hydrogen-bond acceptors (Lipinski definition) is 8. The van der Waals surface area contributed by atoms with Gasteiger partial charge in [-0.25, -0.2) is 0 Å². The average Bonchev–Trinajstić information content (AvgIpc) is 3.17. The maximum atomic E-state index is 12.9. The van der Waals surface area contributed by atoms with Gasteiger partial charge in [0.25, 0.3) is 0 Å². The maximum absolute atomic E-state index is 12.9. The Balaban J connectivity index is 2.38. The summed E-state index contributed by atoms with van der Waals surface area (Å²) in [6.45, 7) is 3.71. The number of nitrogens with one attached hydrogen (secondary N) is 1. The Morgan fingerprint density at radius 2 is 1.09 bits per heavy atom. The predicted octanol–water partition coefficient (Wildman–Crippen LogP) is 8.67. The Kier molecular flexibility index (Phi) is 33.0. The van der Waals surface area contributed by atoms with Gasteiger partial charge in [-0.3, -0.25) is 4.79 Å². The minimum absolute atomic E-state index is 0.193. The maximum Gasteiger partial charge on any atom is 0.220 e. The van der Waals surface area contributed by atoms with E-state index in [1.54, 1.807) is 6.08 Å². The highest BCUT2D eigenvalue weighted by Crippen LogP contribution is 2.22. The summed E-state index contributed by atoms with van der Waals surface area (Å²) >= 11 is 0. The number of aliphatic hydroxyl groups is 5. The fourth-order valence-electron chi connectivity index (χ4n) is 6.57. The molecular formula is C45H81NO8. The van der Waals surface area contributed by atoms with E-state index < -0.39 is 49.5 Å². The SMILES string of the molecule is CCCCC/C=C\C/C=C\C/C=C\CCCCCCCCC(=O)NC(COC1OC(CO)C(O)C(O)C1O)C(O)/C=C/CCCCCCCCCCCC. The molecule has 1 fully saturated rings. The van der Waals surface area contributed by atoms with Crippen molar-refractivity contribution in [3.05, 3.63) is 48.6 Å². The van der Waals surface area contributed by atoms with E-state index in [1.165, 1.54) is 89.9 Å². The largest absolute Gasteiger partial charge is 0.394 e. The van der Waals surface area contributed by atoms with E-state index in [-0.39, 0.29) is 12.5 Å². The van der Waals surface area contributed by atoms with Crippen LogP contribution in [0.15, 0.2) is 48.6 Å².